The van der Waals surface area contributed by atoms with Crippen molar-refractivity contribution in [3.8, 4) is 0 Å². The van der Waals surface area contributed by atoms with Crippen molar-refractivity contribution >= 4 is 0 Å². The summed E-state index contributed by atoms with van der Waals surface area (Å²) in [6, 6.07) is 0. The number of nitrogens with zero attached hydrogens (tertiary/aromatic N) is 1. The molecule has 0 N–H and O–H groups in total. The van der Waals surface area contributed by atoms with E-state index in [-0.39, 0.29) is 17.0 Å². The topological polar surface area (TPSA) is 9.23 Å². The third-order valence-electron chi connectivity index (χ3n) is 0.939. The molecule has 0 aliphatic carbocycles. The molecular weight excluding hydrogens is 194 g/mol. The van der Waals surface area contributed by atoms with Crippen LogP contribution < -0.4 is 17.0 Å². The summed E-state index contributed by atoms with van der Waals surface area (Å²) < 4.78 is 5.78. The second kappa shape index (κ2) is 4.74. The number of quaternary nitrogens is 1. The standard InChI is InChI=1S/C7H16NO.BrH/c1-7(9-5)6-8(2,3)4;/h1,6H2,2-5H3;1H/q+1;/p-1. The number of methoxy groups -OCH3 is 1. The monoisotopic (exact) mass is 209 g/mol. The molecule has 0 aromatic heterocycles. The summed E-state index contributed by atoms with van der Waals surface area (Å²) >= 11 is 0. The molecule has 0 saturated heterocycles. The zero-order valence-corrected chi connectivity index (χ0v) is 8.73. The molecule has 0 unspecified atom stereocenters. The van der Waals surface area contributed by atoms with Gasteiger partial charge in [-0.25, -0.2) is 0 Å². The number of rotatable bonds is 3. The lowest BCUT2D eigenvalue weighted by molar-refractivity contribution is -0.866. The molecule has 0 atom stereocenters. The highest BCUT2D eigenvalue weighted by atomic mass is 79.9. The van der Waals surface area contributed by atoms with Crippen molar-refractivity contribution in [2.45, 2.75) is 0 Å². The molecule has 0 rings (SSSR count). The molecule has 0 aromatic carbocycles. The van der Waals surface area contributed by atoms with Gasteiger partial charge in [-0.2, -0.15) is 0 Å². The van der Waals surface area contributed by atoms with Crippen LogP contribution in [-0.2, 0) is 4.74 Å². The number of halogens is 1. The molecule has 10 heavy (non-hydrogen) atoms. The Hall–Kier alpha value is -0.0200. The summed E-state index contributed by atoms with van der Waals surface area (Å²) in [7, 11) is 7.95. The second-order valence-corrected chi connectivity index (χ2v) is 3.19. The third kappa shape index (κ3) is 7.98. The zero-order chi connectivity index (χ0) is 7.49. The molecule has 0 radical (unpaired) electrons. The van der Waals surface area contributed by atoms with E-state index >= 15 is 0 Å². The van der Waals surface area contributed by atoms with Crippen LogP contribution in [0.3, 0.4) is 0 Å². The van der Waals surface area contributed by atoms with E-state index in [0.29, 0.717) is 0 Å². The minimum atomic E-state index is 0. The van der Waals surface area contributed by atoms with Crippen molar-refractivity contribution in [1.29, 1.82) is 0 Å². The van der Waals surface area contributed by atoms with Gasteiger partial charge in [0.2, 0.25) is 0 Å². The lowest BCUT2D eigenvalue weighted by Gasteiger charge is -2.23. The third-order valence-corrected chi connectivity index (χ3v) is 0.939. The van der Waals surface area contributed by atoms with E-state index in [1.54, 1.807) is 7.11 Å². The smallest absolute Gasteiger partial charge is 0.143 e. The fourth-order valence-corrected chi connectivity index (χ4v) is 0.594. The highest BCUT2D eigenvalue weighted by Crippen LogP contribution is 1.98. The number of ether oxygens (including phenoxy) is 1. The number of likely N-dealkylation sites (N-methyl/N-ethyl adjacent to an activating group) is 1. The molecule has 0 aromatic rings. The highest BCUT2D eigenvalue weighted by molar-refractivity contribution is 4.80. The minimum absolute atomic E-state index is 0. The normalized spacial score (nSPS) is 10.0. The molecule has 0 aliphatic heterocycles. The van der Waals surface area contributed by atoms with Gasteiger partial charge in [0.25, 0.3) is 0 Å². The summed E-state index contributed by atoms with van der Waals surface area (Å²) in [6.07, 6.45) is 0. The van der Waals surface area contributed by atoms with Crippen molar-refractivity contribution in [2.24, 2.45) is 0 Å². The molecule has 3 heteroatoms. The van der Waals surface area contributed by atoms with Crippen molar-refractivity contribution in [3.05, 3.63) is 12.3 Å². The predicted octanol–water partition coefficient (Wildman–Crippen LogP) is -2.14. The van der Waals surface area contributed by atoms with Gasteiger partial charge in [-0.15, -0.1) is 0 Å². The summed E-state index contributed by atoms with van der Waals surface area (Å²) in [5.41, 5.74) is 0. The predicted molar refractivity (Wildman–Crippen MR) is 39.0 cm³/mol. The summed E-state index contributed by atoms with van der Waals surface area (Å²) in [6.45, 7) is 4.59. The van der Waals surface area contributed by atoms with Gasteiger partial charge in [0.15, 0.2) is 0 Å². The Balaban J connectivity index is 0. The largest absolute Gasteiger partial charge is 1.00 e. The second-order valence-electron chi connectivity index (χ2n) is 3.19. The van der Waals surface area contributed by atoms with Crippen molar-refractivity contribution in [2.75, 3.05) is 34.8 Å². The van der Waals surface area contributed by atoms with E-state index < -0.39 is 0 Å². The SMILES string of the molecule is C=C(C[N+](C)(C)C)OC.[Br-]. The van der Waals surface area contributed by atoms with Crippen LogP contribution in [0, 0.1) is 0 Å². The average Bonchev–Trinajstić information content (AvgIpc) is 1.62. The highest BCUT2D eigenvalue weighted by Gasteiger charge is 2.08. The molecule has 0 aliphatic rings. The van der Waals surface area contributed by atoms with Gasteiger partial charge < -0.3 is 26.2 Å². The first-order valence-corrected chi connectivity index (χ1v) is 2.98. The Labute approximate surface area is 73.8 Å². The lowest BCUT2D eigenvalue weighted by Crippen LogP contribution is -3.00. The first kappa shape index (κ1) is 12.6. The van der Waals surface area contributed by atoms with Gasteiger partial charge >= 0.3 is 0 Å². The Morgan fingerprint density at radius 2 is 1.80 bits per heavy atom. The van der Waals surface area contributed by atoms with Gasteiger partial charge in [0.1, 0.15) is 12.3 Å². The summed E-state index contributed by atoms with van der Waals surface area (Å²) in [5, 5.41) is 0. The molecular formula is C7H16BrNO. The number of hydrogen-bond donors (Lipinski definition) is 0. The van der Waals surface area contributed by atoms with Crippen LogP contribution in [0.15, 0.2) is 12.3 Å². The average molecular weight is 210 g/mol. The van der Waals surface area contributed by atoms with Crippen LogP contribution in [0.2, 0.25) is 0 Å². The van der Waals surface area contributed by atoms with Crippen LogP contribution >= 0.6 is 0 Å². The van der Waals surface area contributed by atoms with Gasteiger partial charge in [-0.05, 0) is 0 Å². The Morgan fingerprint density at radius 1 is 1.40 bits per heavy atom. The Bertz CT molecular complexity index is 107. The van der Waals surface area contributed by atoms with Crippen LogP contribution in [0.4, 0.5) is 0 Å². The summed E-state index contributed by atoms with van der Waals surface area (Å²) in [4.78, 5) is 0. The van der Waals surface area contributed by atoms with E-state index in [1.807, 2.05) is 0 Å². The van der Waals surface area contributed by atoms with Crippen LogP contribution in [-0.4, -0.2) is 39.3 Å². The van der Waals surface area contributed by atoms with E-state index in [1.165, 1.54) is 0 Å². The maximum Gasteiger partial charge on any atom is 0.143 e. The van der Waals surface area contributed by atoms with Crippen LogP contribution in [0.25, 0.3) is 0 Å². The van der Waals surface area contributed by atoms with E-state index in [4.69, 9.17) is 4.74 Å². The maximum absolute atomic E-state index is 4.92. The number of hydrogen-bond acceptors (Lipinski definition) is 1. The van der Waals surface area contributed by atoms with E-state index in [9.17, 15) is 0 Å². The van der Waals surface area contributed by atoms with Gasteiger partial charge in [0, 0.05) is 0 Å². The Morgan fingerprint density at radius 3 is 1.90 bits per heavy atom. The first-order chi connectivity index (χ1) is 3.95. The molecule has 2 nitrogen and oxygen atoms in total. The van der Waals surface area contributed by atoms with Crippen molar-refractivity contribution < 1.29 is 26.2 Å². The Kier molecular flexibility index (Phi) is 5.99. The molecule has 0 amide bonds. The molecule has 0 fully saturated rings. The molecule has 0 saturated carbocycles. The maximum atomic E-state index is 4.92. The zero-order valence-electron chi connectivity index (χ0n) is 7.15. The summed E-state index contributed by atoms with van der Waals surface area (Å²) in [5.74, 6) is 0.836. The molecule has 0 heterocycles. The van der Waals surface area contributed by atoms with E-state index in [0.717, 1.165) is 16.8 Å². The lowest BCUT2D eigenvalue weighted by atomic mass is 10.4. The molecule has 0 spiro atoms. The quantitative estimate of drug-likeness (QED) is 0.381. The van der Waals surface area contributed by atoms with Crippen molar-refractivity contribution in [1.82, 2.24) is 0 Å². The van der Waals surface area contributed by atoms with E-state index in [2.05, 4.69) is 27.7 Å². The molecule has 0 bridgehead atoms. The van der Waals surface area contributed by atoms with Gasteiger partial charge in [-0.1, -0.05) is 6.58 Å². The minimum Gasteiger partial charge on any atom is -1.00 e. The van der Waals surface area contributed by atoms with Crippen LogP contribution in [0.5, 0.6) is 0 Å². The van der Waals surface area contributed by atoms with Gasteiger partial charge in [-0.3, -0.25) is 0 Å². The van der Waals surface area contributed by atoms with Crippen molar-refractivity contribution in [3.63, 3.8) is 0 Å². The fourth-order valence-electron chi connectivity index (χ4n) is 0.594. The van der Waals surface area contributed by atoms with Crippen LogP contribution in [0.1, 0.15) is 0 Å². The first-order valence-electron chi connectivity index (χ1n) is 2.98. The fraction of sp³-hybridized carbons (Fsp3) is 0.714. The molecule has 62 valence electrons. The van der Waals surface area contributed by atoms with Gasteiger partial charge in [0.05, 0.1) is 28.3 Å².